The standard InChI is InChI=1S/C24H29NO/c1-2-25-14-13-24(21-9-6-10-23(26)16-21)17-20(11-12-22(24)18-25)15-19-7-4-3-5-8-19/h3-11,16,22,26H,2,12-15,17-18H2,1H3. The van der Waals surface area contributed by atoms with Gasteiger partial charge in [-0.25, -0.2) is 0 Å². The number of allylic oxidation sites excluding steroid dienone is 2. The average Bonchev–Trinajstić information content (AvgIpc) is 2.68. The second kappa shape index (κ2) is 7.28. The maximum Gasteiger partial charge on any atom is 0.115 e. The lowest BCUT2D eigenvalue weighted by atomic mass is 9.59. The summed E-state index contributed by atoms with van der Waals surface area (Å²) >= 11 is 0. The van der Waals surface area contributed by atoms with Crippen LogP contribution in [0.3, 0.4) is 0 Å². The van der Waals surface area contributed by atoms with Crippen LogP contribution in [-0.4, -0.2) is 29.6 Å². The molecule has 0 aromatic heterocycles. The fourth-order valence-corrected chi connectivity index (χ4v) is 5.04. The number of aromatic hydroxyl groups is 1. The summed E-state index contributed by atoms with van der Waals surface area (Å²) in [6, 6.07) is 18.9. The van der Waals surface area contributed by atoms with Crippen molar-refractivity contribution in [2.24, 2.45) is 5.92 Å². The molecule has 2 unspecified atom stereocenters. The van der Waals surface area contributed by atoms with Gasteiger partial charge in [0.2, 0.25) is 0 Å². The van der Waals surface area contributed by atoms with E-state index in [2.05, 4.69) is 54.3 Å². The topological polar surface area (TPSA) is 23.5 Å². The second-order valence-corrected chi connectivity index (χ2v) is 7.98. The minimum atomic E-state index is 0.170. The Labute approximate surface area is 157 Å². The average molecular weight is 348 g/mol. The molecule has 1 fully saturated rings. The fourth-order valence-electron chi connectivity index (χ4n) is 5.04. The summed E-state index contributed by atoms with van der Waals surface area (Å²) in [5.74, 6) is 1.03. The number of piperidine rings is 1. The molecule has 0 spiro atoms. The molecule has 26 heavy (non-hydrogen) atoms. The van der Waals surface area contributed by atoms with Crippen LogP contribution in [0.4, 0.5) is 0 Å². The second-order valence-electron chi connectivity index (χ2n) is 7.98. The third kappa shape index (κ3) is 3.31. The molecular formula is C24H29NO. The number of rotatable bonds is 4. The van der Waals surface area contributed by atoms with Gasteiger partial charge in [0.25, 0.3) is 0 Å². The van der Waals surface area contributed by atoms with Gasteiger partial charge in [-0.05, 0) is 68.0 Å². The van der Waals surface area contributed by atoms with E-state index in [1.54, 1.807) is 11.6 Å². The Balaban J connectivity index is 1.66. The van der Waals surface area contributed by atoms with Crippen molar-refractivity contribution in [2.45, 2.75) is 38.0 Å². The normalized spacial score (nSPS) is 26.2. The number of hydrogen-bond acceptors (Lipinski definition) is 2. The largest absolute Gasteiger partial charge is 0.508 e. The molecule has 1 aliphatic carbocycles. The lowest BCUT2D eigenvalue weighted by Gasteiger charge is -2.51. The molecule has 2 aromatic carbocycles. The van der Waals surface area contributed by atoms with E-state index >= 15 is 0 Å². The van der Waals surface area contributed by atoms with E-state index < -0.39 is 0 Å². The molecule has 0 radical (unpaired) electrons. The Morgan fingerprint density at radius 3 is 2.73 bits per heavy atom. The molecule has 2 aliphatic rings. The Kier molecular flexibility index (Phi) is 4.86. The maximum absolute atomic E-state index is 10.1. The number of likely N-dealkylation sites (tertiary alicyclic amines) is 1. The van der Waals surface area contributed by atoms with Gasteiger partial charge in [-0.3, -0.25) is 0 Å². The van der Waals surface area contributed by atoms with Crippen LogP contribution in [0.15, 0.2) is 66.2 Å². The van der Waals surface area contributed by atoms with Crippen LogP contribution >= 0.6 is 0 Å². The first-order valence-corrected chi connectivity index (χ1v) is 9.93. The number of phenolic OH excluding ortho intramolecular Hbond substituents is 1. The van der Waals surface area contributed by atoms with Crippen molar-refractivity contribution < 1.29 is 5.11 Å². The van der Waals surface area contributed by atoms with Crippen LogP contribution in [-0.2, 0) is 11.8 Å². The molecule has 1 aliphatic heterocycles. The van der Waals surface area contributed by atoms with Crippen LogP contribution in [0.5, 0.6) is 5.75 Å². The van der Waals surface area contributed by atoms with Crippen LogP contribution in [0.25, 0.3) is 0 Å². The summed E-state index contributed by atoms with van der Waals surface area (Å²) in [5.41, 5.74) is 4.45. The molecular weight excluding hydrogens is 318 g/mol. The Hall–Kier alpha value is -2.06. The molecule has 1 saturated heterocycles. The highest BCUT2D eigenvalue weighted by atomic mass is 16.3. The van der Waals surface area contributed by atoms with Crippen molar-refractivity contribution in [1.82, 2.24) is 4.90 Å². The summed E-state index contributed by atoms with van der Waals surface area (Å²) in [6.07, 6.45) is 6.99. The van der Waals surface area contributed by atoms with E-state index in [0.717, 1.165) is 32.4 Å². The van der Waals surface area contributed by atoms with Crippen molar-refractivity contribution in [3.63, 3.8) is 0 Å². The number of benzene rings is 2. The van der Waals surface area contributed by atoms with Gasteiger partial charge in [-0.1, -0.05) is 61.0 Å². The summed E-state index contributed by atoms with van der Waals surface area (Å²) < 4.78 is 0. The highest BCUT2D eigenvalue weighted by molar-refractivity contribution is 5.38. The zero-order valence-electron chi connectivity index (χ0n) is 15.7. The van der Waals surface area contributed by atoms with Gasteiger partial charge in [0, 0.05) is 12.0 Å². The number of fused-ring (bicyclic) bond motifs is 1. The van der Waals surface area contributed by atoms with Gasteiger partial charge in [-0.15, -0.1) is 0 Å². The van der Waals surface area contributed by atoms with E-state index in [1.165, 1.54) is 24.1 Å². The monoisotopic (exact) mass is 347 g/mol. The first-order valence-electron chi connectivity index (χ1n) is 9.93. The van der Waals surface area contributed by atoms with Crippen molar-refractivity contribution in [2.75, 3.05) is 19.6 Å². The minimum Gasteiger partial charge on any atom is -0.508 e. The summed E-state index contributed by atoms with van der Waals surface area (Å²) in [4.78, 5) is 2.59. The molecule has 2 heteroatoms. The van der Waals surface area contributed by atoms with Gasteiger partial charge in [0.1, 0.15) is 5.75 Å². The SMILES string of the molecule is CCN1CCC2(c3cccc(O)c3)CC(Cc3ccccc3)=CCC2C1. The maximum atomic E-state index is 10.1. The number of phenols is 1. The molecule has 0 amide bonds. The van der Waals surface area contributed by atoms with E-state index in [4.69, 9.17) is 0 Å². The van der Waals surface area contributed by atoms with Gasteiger partial charge in [-0.2, -0.15) is 0 Å². The van der Waals surface area contributed by atoms with E-state index in [0.29, 0.717) is 11.7 Å². The third-order valence-corrected chi connectivity index (χ3v) is 6.51. The van der Waals surface area contributed by atoms with Crippen LogP contribution < -0.4 is 0 Å². The van der Waals surface area contributed by atoms with Gasteiger partial charge in [0.05, 0.1) is 0 Å². The fraction of sp³-hybridized carbons (Fsp3) is 0.417. The predicted molar refractivity (Wildman–Crippen MR) is 107 cm³/mol. The molecule has 2 nitrogen and oxygen atoms in total. The molecule has 136 valence electrons. The zero-order valence-corrected chi connectivity index (χ0v) is 15.7. The highest BCUT2D eigenvalue weighted by Gasteiger charge is 2.45. The Morgan fingerprint density at radius 2 is 1.96 bits per heavy atom. The molecule has 2 atom stereocenters. The Bertz CT molecular complexity index is 782. The van der Waals surface area contributed by atoms with Crippen molar-refractivity contribution >= 4 is 0 Å². The van der Waals surface area contributed by atoms with Crippen molar-refractivity contribution in [3.8, 4) is 5.75 Å². The molecule has 1 heterocycles. The van der Waals surface area contributed by atoms with Crippen molar-refractivity contribution in [3.05, 3.63) is 77.4 Å². The van der Waals surface area contributed by atoms with E-state index in [1.807, 2.05) is 12.1 Å². The van der Waals surface area contributed by atoms with E-state index in [-0.39, 0.29) is 5.41 Å². The number of nitrogens with zero attached hydrogens (tertiary/aromatic N) is 1. The lowest BCUT2D eigenvalue weighted by Crippen LogP contribution is -2.51. The van der Waals surface area contributed by atoms with Gasteiger partial charge in [0.15, 0.2) is 0 Å². The van der Waals surface area contributed by atoms with E-state index in [9.17, 15) is 5.11 Å². The third-order valence-electron chi connectivity index (χ3n) is 6.51. The van der Waals surface area contributed by atoms with Gasteiger partial charge >= 0.3 is 0 Å². The number of hydrogen-bond donors (Lipinski definition) is 1. The molecule has 1 N–H and O–H groups in total. The van der Waals surface area contributed by atoms with Gasteiger partial charge < -0.3 is 10.0 Å². The van der Waals surface area contributed by atoms with Crippen LogP contribution in [0, 0.1) is 5.92 Å². The lowest BCUT2D eigenvalue weighted by molar-refractivity contribution is 0.0879. The summed E-state index contributed by atoms with van der Waals surface area (Å²) in [7, 11) is 0. The highest BCUT2D eigenvalue weighted by Crippen LogP contribution is 2.49. The molecule has 0 bridgehead atoms. The summed E-state index contributed by atoms with van der Waals surface area (Å²) in [5, 5.41) is 10.1. The first-order chi connectivity index (χ1) is 12.7. The quantitative estimate of drug-likeness (QED) is 0.792. The molecule has 2 aromatic rings. The summed E-state index contributed by atoms with van der Waals surface area (Å²) in [6.45, 7) is 5.72. The predicted octanol–water partition coefficient (Wildman–Crippen LogP) is 4.93. The zero-order chi connectivity index (χ0) is 18.0. The molecule has 4 rings (SSSR count). The van der Waals surface area contributed by atoms with Crippen LogP contribution in [0.2, 0.25) is 0 Å². The first kappa shape index (κ1) is 17.4. The van der Waals surface area contributed by atoms with Crippen LogP contribution in [0.1, 0.15) is 37.3 Å². The smallest absolute Gasteiger partial charge is 0.115 e. The van der Waals surface area contributed by atoms with Crippen molar-refractivity contribution in [1.29, 1.82) is 0 Å². The molecule has 0 saturated carbocycles. The minimum absolute atomic E-state index is 0.170. The Morgan fingerprint density at radius 1 is 1.12 bits per heavy atom.